The standard InChI is InChI=1S/C22H26O3/c1-15-7-9-19(10-8-15)21(23)20(22(24)25)18-13-11-17(12-14-18)16-5-3-2-4-6-16/h7-14,16,20-21,23H,2-6H2,1H3,(H,24,25). The number of carboxylic acid groups (broad SMARTS) is 1. The molecule has 2 atom stereocenters. The van der Waals surface area contributed by atoms with E-state index in [9.17, 15) is 15.0 Å². The van der Waals surface area contributed by atoms with Crippen LogP contribution < -0.4 is 0 Å². The van der Waals surface area contributed by atoms with Gasteiger partial charge in [0.2, 0.25) is 0 Å². The fraction of sp³-hybridized carbons (Fsp3) is 0.409. The second-order valence-corrected chi connectivity index (χ2v) is 7.17. The van der Waals surface area contributed by atoms with Crippen LogP contribution >= 0.6 is 0 Å². The number of hydrogen-bond donors (Lipinski definition) is 2. The molecule has 0 radical (unpaired) electrons. The quantitative estimate of drug-likeness (QED) is 0.811. The van der Waals surface area contributed by atoms with Crippen molar-refractivity contribution in [2.75, 3.05) is 0 Å². The van der Waals surface area contributed by atoms with Crippen LogP contribution in [0.15, 0.2) is 48.5 Å². The smallest absolute Gasteiger partial charge is 0.314 e. The minimum Gasteiger partial charge on any atom is -0.481 e. The fourth-order valence-corrected chi connectivity index (χ4v) is 3.83. The van der Waals surface area contributed by atoms with Gasteiger partial charge >= 0.3 is 5.97 Å². The van der Waals surface area contributed by atoms with E-state index < -0.39 is 18.0 Å². The fourth-order valence-electron chi connectivity index (χ4n) is 3.83. The molecule has 0 amide bonds. The Balaban J connectivity index is 1.82. The van der Waals surface area contributed by atoms with Crippen LogP contribution in [0.25, 0.3) is 0 Å². The highest BCUT2D eigenvalue weighted by atomic mass is 16.4. The monoisotopic (exact) mass is 338 g/mol. The van der Waals surface area contributed by atoms with Crippen LogP contribution in [0.3, 0.4) is 0 Å². The zero-order valence-corrected chi connectivity index (χ0v) is 14.7. The van der Waals surface area contributed by atoms with Gasteiger partial charge in [-0.3, -0.25) is 4.79 Å². The van der Waals surface area contributed by atoms with Gasteiger partial charge in [0.05, 0.1) is 6.10 Å². The molecular formula is C22H26O3. The van der Waals surface area contributed by atoms with Crippen LogP contribution in [0.5, 0.6) is 0 Å². The molecular weight excluding hydrogens is 312 g/mol. The molecule has 2 aromatic rings. The molecule has 0 spiro atoms. The van der Waals surface area contributed by atoms with E-state index in [0.29, 0.717) is 17.0 Å². The Labute approximate surface area is 149 Å². The lowest BCUT2D eigenvalue weighted by atomic mass is 9.82. The molecule has 1 aliphatic rings. The summed E-state index contributed by atoms with van der Waals surface area (Å²) < 4.78 is 0. The third-order valence-electron chi connectivity index (χ3n) is 5.37. The van der Waals surface area contributed by atoms with E-state index in [0.717, 1.165) is 5.56 Å². The predicted molar refractivity (Wildman–Crippen MR) is 98.8 cm³/mol. The molecule has 2 N–H and O–H groups in total. The van der Waals surface area contributed by atoms with Gasteiger partial charge in [-0.25, -0.2) is 0 Å². The van der Waals surface area contributed by atoms with Crippen LogP contribution in [-0.4, -0.2) is 16.2 Å². The first-order valence-corrected chi connectivity index (χ1v) is 9.13. The number of aliphatic hydroxyl groups is 1. The first-order valence-electron chi connectivity index (χ1n) is 9.13. The van der Waals surface area contributed by atoms with E-state index in [-0.39, 0.29) is 0 Å². The van der Waals surface area contributed by atoms with Crippen LogP contribution in [0.2, 0.25) is 0 Å². The van der Waals surface area contributed by atoms with Crippen molar-refractivity contribution in [3.8, 4) is 0 Å². The zero-order valence-electron chi connectivity index (χ0n) is 14.7. The largest absolute Gasteiger partial charge is 0.481 e. The molecule has 0 saturated heterocycles. The molecule has 132 valence electrons. The molecule has 1 aliphatic carbocycles. The lowest BCUT2D eigenvalue weighted by Crippen LogP contribution is -2.20. The molecule has 0 heterocycles. The van der Waals surface area contributed by atoms with Crippen molar-refractivity contribution in [1.82, 2.24) is 0 Å². The summed E-state index contributed by atoms with van der Waals surface area (Å²) in [7, 11) is 0. The van der Waals surface area contributed by atoms with Crippen LogP contribution in [0.4, 0.5) is 0 Å². The zero-order chi connectivity index (χ0) is 17.8. The van der Waals surface area contributed by atoms with Crippen LogP contribution in [0, 0.1) is 6.92 Å². The summed E-state index contributed by atoms with van der Waals surface area (Å²) in [5.41, 5.74) is 3.66. The number of carbonyl (C=O) groups is 1. The summed E-state index contributed by atoms with van der Waals surface area (Å²) in [5.74, 6) is -1.37. The minimum atomic E-state index is -1.06. The third kappa shape index (κ3) is 4.10. The Hall–Kier alpha value is -2.13. The molecule has 1 saturated carbocycles. The molecule has 2 unspecified atom stereocenters. The van der Waals surface area contributed by atoms with Crippen LogP contribution in [-0.2, 0) is 4.79 Å². The molecule has 3 heteroatoms. The maximum atomic E-state index is 11.8. The first-order chi connectivity index (χ1) is 12.1. The van der Waals surface area contributed by atoms with Crippen molar-refractivity contribution in [3.63, 3.8) is 0 Å². The summed E-state index contributed by atoms with van der Waals surface area (Å²) in [6.07, 6.45) is 5.24. The minimum absolute atomic E-state index is 0.591. The molecule has 0 bridgehead atoms. The number of benzene rings is 2. The van der Waals surface area contributed by atoms with Crippen LogP contribution in [0.1, 0.15) is 72.3 Å². The highest BCUT2D eigenvalue weighted by molar-refractivity contribution is 5.77. The maximum Gasteiger partial charge on any atom is 0.314 e. The van der Waals surface area contributed by atoms with Gasteiger partial charge in [0.15, 0.2) is 0 Å². The topological polar surface area (TPSA) is 57.5 Å². The van der Waals surface area contributed by atoms with Crippen molar-refractivity contribution in [3.05, 3.63) is 70.8 Å². The van der Waals surface area contributed by atoms with Gasteiger partial charge in [-0.2, -0.15) is 0 Å². The van der Waals surface area contributed by atoms with Gasteiger partial charge in [0, 0.05) is 0 Å². The lowest BCUT2D eigenvalue weighted by Gasteiger charge is -2.24. The van der Waals surface area contributed by atoms with E-state index in [2.05, 4.69) is 0 Å². The third-order valence-corrected chi connectivity index (χ3v) is 5.37. The van der Waals surface area contributed by atoms with Crippen molar-refractivity contribution >= 4 is 5.97 Å². The Morgan fingerprint density at radius 1 is 0.920 bits per heavy atom. The number of carboxylic acids is 1. The van der Waals surface area contributed by atoms with Crippen molar-refractivity contribution in [2.45, 2.75) is 57.0 Å². The lowest BCUT2D eigenvalue weighted by molar-refractivity contribution is -0.141. The summed E-state index contributed by atoms with van der Waals surface area (Å²) in [6.45, 7) is 1.97. The molecule has 0 aromatic heterocycles. The molecule has 25 heavy (non-hydrogen) atoms. The number of rotatable bonds is 5. The second kappa shape index (κ2) is 7.83. The van der Waals surface area contributed by atoms with E-state index in [4.69, 9.17) is 0 Å². The normalized spacial score (nSPS) is 17.8. The van der Waals surface area contributed by atoms with Crippen molar-refractivity contribution in [1.29, 1.82) is 0 Å². The van der Waals surface area contributed by atoms with Gasteiger partial charge in [0.25, 0.3) is 0 Å². The van der Waals surface area contributed by atoms with Crippen molar-refractivity contribution in [2.24, 2.45) is 0 Å². The van der Waals surface area contributed by atoms with Gasteiger partial charge in [-0.1, -0.05) is 73.4 Å². The molecule has 2 aromatic carbocycles. The van der Waals surface area contributed by atoms with Gasteiger partial charge in [-0.15, -0.1) is 0 Å². The van der Waals surface area contributed by atoms with E-state index in [1.54, 1.807) is 12.1 Å². The number of aliphatic carboxylic acids is 1. The SMILES string of the molecule is Cc1ccc(C(O)C(C(=O)O)c2ccc(C3CCCCC3)cc2)cc1. The Morgan fingerprint density at radius 2 is 1.48 bits per heavy atom. The molecule has 0 aliphatic heterocycles. The first kappa shape index (κ1) is 17.7. The second-order valence-electron chi connectivity index (χ2n) is 7.17. The van der Waals surface area contributed by atoms with Gasteiger partial charge < -0.3 is 10.2 Å². The Kier molecular flexibility index (Phi) is 5.54. The highest BCUT2D eigenvalue weighted by Crippen LogP contribution is 2.35. The number of aryl methyl sites for hydroxylation is 1. The number of hydrogen-bond acceptors (Lipinski definition) is 2. The summed E-state index contributed by atoms with van der Waals surface area (Å²) in [4.78, 5) is 11.8. The average Bonchev–Trinajstić information content (AvgIpc) is 2.63. The van der Waals surface area contributed by atoms with E-state index in [1.165, 1.54) is 37.7 Å². The van der Waals surface area contributed by atoms with Crippen molar-refractivity contribution < 1.29 is 15.0 Å². The summed E-state index contributed by atoms with van der Waals surface area (Å²) in [6, 6.07) is 15.2. The Morgan fingerprint density at radius 3 is 2.04 bits per heavy atom. The van der Waals surface area contributed by atoms with Gasteiger partial charge in [-0.05, 0) is 42.4 Å². The van der Waals surface area contributed by atoms with E-state index in [1.807, 2.05) is 43.3 Å². The summed E-state index contributed by atoms with van der Waals surface area (Å²) >= 11 is 0. The van der Waals surface area contributed by atoms with E-state index >= 15 is 0 Å². The highest BCUT2D eigenvalue weighted by Gasteiger charge is 2.29. The van der Waals surface area contributed by atoms with Gasteiger partial charge in [0.1, 0.15) is 5.92 Å². The Bertz CT molecular complexity index is 697. The predicted octanol–water partition coefficient (Wildman–Crippen LogP) is 4.94. The molecule has 3 rings (SSSR count). The molecule has 3 nitrogen and oxygen atoms in total. The molecule has 1 fully saturated rings. The summed E-state index contributed by atoms with van der Waals surface area (Å²) in [5, 5.41) is 20.3. The average molecular weight is 338 g/mol. The maximum absolute atomic E-state index is 11.8. The number of aliphatic hydroxyl groups excluding tert-OH is 1.